The molecule has 0 unspecified atom stereocenters. The van der Waals surface area contributed by atoms with E-state index in [0.717, 1.165) is 26.4 Å². The molecule has 0 aliphatic carbocycles. The summed E-state index contributed by atoms with van der Waals surface area (Å²) in [5.74, 6) is -1.49. The fraction of sp³-hybridized carbons (Fsp3) is 0.250. The van der Waals surface area contributed by atoms with Gasteiger partial charge < -0.3 is 4.52 Å². The van der Waals surface area contributed by atoms with E-state index in [1.807, 2.05) is 0 Å². The van der Waals surface area contributed by atoms with Crippen molar-refractivity contribution in [3.05, 3.63) is 34.1 Å². The normalized spacial score (nSPS) is 11.2. The topological polar surface area (TPSA) is 87.9 Å². The highest BCUT2D eigenvalue weighted by molar-refractivity contribution is 7.48. The zero-order valence-corrected chi connectivity index (χ0v) is 9.85. The Morgan fingerprint density at radius 2 is 1.94 bits per heavy atom. The predicted molar refractivity (Wildman–Crippen MR) is 55.3 cm³/mol. The molecular weight excluding hydrogens is 256 g/mol. The van der Waals surface area contributed by atoms with E-state index in [1.165, 1.54) is 0 Å². The van der Waals surface area contributed by atoms with Crippen molar-refractivity contribution in [1.29, 1.82) is 0 Å². The molecule has 0 aliphatic heterocycles. The van der Waals surface area contributed by atoms with Crippen LogP contribution in [0.1, 0.15) is 0 Å². The van der Waals surface area contributed by atoms with Crippen molar-refractivity contribution in [3.8, 4) is 5.75 Å². The summed E-state index contributed by atoms with van der Waals surface area (Å²) in [6, 6.07) is 2.62. The average molecular weight is 265 g/mol. The van der Waals surface area contributed by atoms with Crippen LogP contribution in [-0.2, 0) is 13.6 Å². The molecule has 1 rings (SSSR count). The van der Waals surface area contributed by atoms with Gasteiger partial charge in [0.15, 0.2) is 11.6 Å². The summed E-state index contributed by atoms with van der Waals surface area (Å²) in [5, 5.41) is 10.4. The molecule has 0 amide bonds. The summed E-state index contributed by atoms with van der Waals surface area (Å²) < 4.78 is 38.4. The summed E-state index contributed by atoms with van der Waals surface area (Å²) >= 11 is 0. The van der Waals surface area contributed by atoms with Crippen LogP contribution in [0.4, 0.5) is 10.1 Å². The van der Waals surface area contributed by atoms with Crippen LogP contribution in [0.15, 0.2) is 18.2 Å². The Morgan fingerprint density at radius 1 is 1.35 bits per heavy atom. The van der Waals surface area contributed by atoms with E-state index in [-0.39, 0.29) is 0 Å². The number of nitro groups is 1. The maximum Gasteiger partial charge on any atom is 0.529 e. The summed E-state index contributed by atoms with van der Waals surface area (Å²) in [6.07, 6.45) is 0. The lowest BCUT2D eigenvalue weighted by Gasteiger charge is -2.14. The van der Waals surface area contributed by atoms with Gasteiger partial charge in [0, 0.05) is 20.3 Å². The van der Waals surface area contributed by atoms with E-state index >= 15 is 0 Å². The molecule has 7 nitrogen and oxygen atoms in total. The molecule has 0 saturated heterocycles. The van der Waals surface area contributed by atoms with E-state index in [4.69, 9.17) is 0 Å². The standard InChI is InChI=1S/C8H9FNO6P/c1-14-17(13,15-2)16-8-4-3-6(10(11)12)5-7(8)9/h3-5H,1-2H3. The van der Waals surface area contributed by atoms with Crippen molar-refractivity contribution < 1.29 is 27.5 Å². The summed E-state index contributed by atoms with van der Waals surface area (Å²) in [4.78, 5) is 9.59. The first-order valence-corrected chi connectivity index (χ1v) is 5.73. The molecule has 0 spiro atoms. The molecule has 0 N–H and O–H groups in total. The van der Waals surface area contributed by atoms with Crippen LogP contribution < -0.4 is 4.52 Å². The second-order valence-corrected chi connectivity index (χ2v) is 4.58. The highest BCUT2D eigenvalue weighted by atomic mass is 31.2. The summed E-state index contributed by atoms with van der Waals surface area (Å²) in [6.45, 7) is 0. The molecule has 94 valence electrons. The van der Waals surface area contributed by atoms with E-state index in [2.05, 4.69) is 13.6 Å². The molecule has 0 aliphatic rings. The quantitative estimate of drug-likeness (QED) is 0.461. The first kappa shape index (κ1) is 13.6. The van der Waals surface area contributed by atoms with Gasteiger partial charge in [0.05, 0.1) is 11.0 Å². The minimum Gasteiger partial charge on any atom is -0.401 e. The molecule has 0 radical (unpaired) electrons. The van der Waals surface area contributed by atoms with Crippen molar-refractivity contribution >= 4 is 13.5 Å². The number of phosphoric acid groups is 1. The maximum absolute atomic E-state index is 13.4. The van der Waals surface area contributed by atoms with Crippen molar-refractivity contribution in [1.82, 2.24) is 0 Å². The van der Waals surface area contributed by atoms with Crippen molar-refractivity contribution in [3.63, 3.8) is 0 Å². The fourth-order valence-electron chi connectivity index (χ4n) is 0.947. The first-order valence-electron chi connectivity index (χ1n) is 4.27. The van der Waals surface area contributed by atoms with E-state index in [9.17, 15) is 19.1 Å². The molecule has 17 heavy (non-hydrogen) atoms. The van der Waals surface area contributed by atoms with E-state index in [0.29, 0.717) is 6.07 Å². The Morgan fingerprint density at radius 3 is 2.35 bits per heavy atom. The molecule has 1 aromatic carbocycles. The van der Waals surface area contributed by atoms with Crippen LogP contribution in [0.5, 0.6) is 5.75 Å². The zero-order valence-electron chi connectivity index (χ0n) is 8.95. The third-order valence-electron chi connectivity index (χ3n) is 1.78. The number of phosphoric ester groups is 1. The second-order valence-electron chi connectivity index (χ2n) is 2.78. The minimum atomic E-state index is -3.88. The van der Waals surface area contributed by atoms with E-state index in [1.54, 1.807) is 0 Å². The predicted octanol–water partition coefficient (Wildman–Crippen LogP) is 2.51. The molecule has 0 fully saturated rings. The average Bonchev–Trinajstić information content (AvgIpc) is 2.31. The Labute approximate surface area is 95.9 Å². The second kappa shape index (κ2) is 5.22. The first-order chi connectivity index (χ1) is 7.91. The largest absolute Gasteiger partial charge is 0.529 e. The van der Waals surface area contributed by atoms with Crippen molar-refractivity contribution in [2.24, 2.45) is 0 Å². The van der Waals surface area contributed by atoms with Gasteiger partial charge in [-0.25, -0.2) is 8.96 Å². The molecule has 1 aromatic rings. The highest BCUT2D eigenvalue weighted by Crippen LogP contribution is 2.48. The third-order valence-corrected chi connectivity index (χ3v) is 3.10. The van der Waals surface area contributed by atoms with Crippen LogP contribution in [-0.4, -0.2) is 19.1 Å². The van der Waals surface area contributed by atoms with Gasteiger partial charge in [0.1, 0.15) is 0 Å². The Balaban J connectivity index is 3.01. The van der Waals surface area contributed by atoms with Crippen LogP contribution in [0.2, 0.25) is 0 Å². The lowest BCUT2D eigenvalue weighted by Crippen LogP contribution is -1.99. The smallest absolute Gasteiger partial charge is 0.401 e. The minimum absolute atomic E-state index is 0.445. The van der Waals surface area contributed by atoms with Gasteiger partial charge in [-0.05, 0) is 6.07 Å². The van der Waals surface area contributed by atoms with Gasteiger partial charge in [0.25, 0.3) is 5.69 Å². The number of hydrogen-bond donors (Lipinski definition) is 0. The monoisotopic (exact) mass is 265 g/mol. The van der Waals surface area contributed by atoms with Gasteiger partial charge in [-0.2, -0.15) is 0 Å². The Kier molecular flexibility index (Phi) is 4.17. The SMILES string of the molecule is COP(=O)(OC)Oc1ccc([N+](=O)[O-])cc1F. The number of nitrogens with zero attached hydrogens (tertiary/aromatic N) is 1. The number of hydrogen-bond acceptors (Lipinski definition) is 6. The molecule has 0 bridgehead atoms. The van der Waals surface area contributed by atoms with Gasteiger partial charge in [-0.15, -0.1) is 0 Å². The lowest BCUT2D eigenvalue weighted by molar-refractivity contribution is -0.385. The molecule has 0 saturated carbocycles. The van der Waals surface area contributed by atoms with Crippen molar-refractivity contribution in [2.45, 2.75) is 0 Å². The fourth-order valence-corrected chi connectivity index (χ4v) is 1.63. The van der Waals surface area contributed by atoms with Gasteiger partial charge in [-0.1, -0.05) is 0 Å². The molecule has 0 aromatic heterocycles. The lowest BCUT2D eigenvalue weighted by atomic mass is 10.3. The zero-order chi connectivity index (χ0) is 13.1. The number of benzene rings is 1. The van der Waals surface area contributed by atoms with Crippen LogP contribution in [0.25, 0.3) is 0 Å². The maximum atomic E-state index is 13.4. The number of non-ortho nitro benzene ring substituents is 1. The van der Waals surface area contributed by atoms with Crippen LogP contribution in [0, 0.1) is 15.9 Å². The van der Waals surface area contributed by atoms with Crippen molar-refractivity contribution in [2.75, 3.05) is 14.2 Å². The van der Waals surface area contributed by atoms with Gasteiger partial charge in [-0.3, -0.25) is 19.2 Å². The van der Waals surface area contributed by atoms with E-state index < -0.39 is 30.0 Å². The Hall–Kier alpha value is -1.50. The highest BCUT2D eigenvalue weighted by Gasteiger charge is 2.26. The van der Waals surface area contributed by atoms with Crippen LogP contribution in [0.3, 0.4) is 0 Å². The van der Waals surface area contributed by atoms with Crippen LogP contribution >= 0.6 is 7.82 Å². The molecule has 9 heteroatoms. The summed E-state index contributed by atoms with van der Waals surface area (Å²) in [7, 11) is -1.75. The summed E-state index contributed by atoms with van der Waals surface area (Å²) in [5.41, 5.74) is -0.445. The third kappa shape index (κ3) is 3.23. The number of rotatable bonds is 5. The number of halogens is 1. The Bertz CT molecular complexity index is 471. The molecule has 0 atom stereocenters. The van der Waals surface area contributed by atoms with Gasteiger partial charge in [0.2, 0.25) is 0 Å². The van der Waals surface area contributed by atoms with Gasteiger partial charge >= 0.3 is 7.82 Å². The molecular formula is C8H9FNO6P. The molecule has 0 heterocycles. The number of nitro benzene ring substituents is 1.